The summed E-state index contributed by atoms with van der Waals surface area (Å²) in [5.74, 6) is 0.873. The van der Waals surface area contributed by atoms with E-state index < -0.39 is 6.04 Å². The average molecular weight is 410 g/mol. The van der Waals surface area contributed by atoms with E-state index in [-0.39, 0.29) is 11.7 Å². The molecule has 1 atom stereocenters. The molecule has 1 heterocycles. The maximum atomic E-state index is 13.6. The number of para-hydroxylation sites is 2. The molecule has 29 heavy (non-hydrogen) atoms. The van der Waals surface area contributed by atoms with Gasteiger partial charge in [0.15, 0.2) is 0 Å². The molecule has 5 nitrogen and oxygen atoms in total. The molecule has 0 amide bonds. The van der Waals surface area contributed by atoms with Gasteiger partial charge in [-0.3, -0.25) is 0 Å². The van der Waals surface area contributed by atoms with Crippen LogP contribution in [-0.2, 0) is 0 Å². The van der Waals surface area contributed by atoms with E-state index in [1.165, 1.54) is 12.1 Å². The quantitative estimate of drug-likeness (QED) is 0.440. The summed E-state index contributed by atoms with van der Waals surface area (Å²) in [5, 5.41) is 12.3. The van der Waals surface area contributed by atoms with Gasteiger partial charge in [0, 0.05) is 10.6 Å². The van der Waals surface area contributed by atoms with Gasteiger partial charge in [0.2, 0.25) is 11.8 Å². The van der Waals surface area contributed by atoms with Crippen LogP contribution < -0.4 is 10.1 Å². The molecule has 146 valence electrons. The molecule has 7 heteroatoms. The summed E-state index contributed by atoms with van der Waals surface area (Å²) in [6, 6.07) is 20.4. The first-order valence-corrected chi connectivity index (χ1v) is 9.26. The fraction of sp³-hybridized carbons (Fsp3) is 0.0909. The highest BCUT2D eigenvalue weighted by atomic mass is 35.5. The van der Waals surface area contributed by atoms with E-state index in [0.29, 0.717) is 22.2 Å². The lowest BCUT2D eigenvalue weighted by molar-refractivity contribution is 0.415. The fourth-order valence-corrected chi connectivity index (χ4v) is 3.08. The van der Waals surface area contributed by atoms with E-state index in [4.69, 9.17) is 20.8 Å². The van der Waals surface area contributed by atoms with Crippen molar-refractivity contribution in [2.75, 3.05) is 12.4 Å². The van der Waals surface area contributed by atoms with E-state index in [1.807, 2.05) is 36.4 Å². The number of benzene rings is 3. The second kappa shape index (κ2) is 8.32. The van der Waals surface area contributed by atoms with E-state index in [2.05, 4.69) is 15.5 Å². The van der Waals surface area contributed by atoms with Crippen LogP contribution in [0.1, 0.15) is 17.5 Å². The third kappa shape index (κ3) is 4.22. The molecule has 0 aliphatic rings. The van der Waals surface area contributed by atoms with Crippen LogP contribution in [0.4, 0.5) is 10.1 Å². The first-order chi connectivity index (χ1) is 14.1. The number of aromatic nitrogens is 2. The molecule has 0 spiro atoms. The van der Waals surface area contributed by atoms with Crippen LogP contribution in [0, 0.1) is 5.82 Å². The minimum atomic E-state index is -0.460. The van der Waals surface area contributed by atoms with E-state index in [9.17, 15) is 4.39 Å². The fourth-order valence-electron chi connectivity index (χ4n) is 2.95. The Bertz CT molecular complexity index is 1120. The van der Waals surface area contributed by atoms with Crippen LogP contribution in [0.15, 0.2) is 77.2 Å². The standard InChI is InChI=1S/C22H17ClFN3O2/c1-28-19-8-3-2-7-18(19)25-20(14-9-11-16(23)12-10-14)22-27-26-21(29-22)15-5-4-6-17(24)13-15/h2-13,20,25H,1H3. The van der Waals surface area contributed by atoms with Gasteiger partial charge in [-0.15, -0.1) is 10.2 Å². The lowest BCUT2D eigenvalue weighted by Crippen LogP contribution is -2.13. The van der Waals surface area contributed by atoms with Gasteiger partial charge in [-0.25, -0.2) is 4.39 Å². The van der Waals surface area contributed by atoms with Gasteiger partial charge in [-0.2, -0.15) is 0 Å². The number of hydrogen-bond acceptors (Lipinski definition) is 5. The van der Waals surface area contributed by atoms with Crippen molar-refractivity contribution in [2.24, 2.45) is 0 Å². The molecule has 1 unspecified atom stereocenters. The van der Waals surface area contributed by atoms with Crippen molar-refractivity contribution in [1.82, 2.24) is 10.2 Å². The Labute approximate surface area is 172 Å². The summed E-state index contributed by atoms with van der Waals surface area (Å²) in [4.78, 5) is 0. The predicted molar refractivity (Wildman–Crippen MR) is 110 cm³/mol. The zero-order chi connectivity index (χ0) is 20.2. The summed E-state index contributed by atoms with van der Waals surface area (Å²) in [7, 11) is 1.60. The van der Waals surface area contributed by atoms with Crippen molar-refractivity contribution >= 4 is 17.3 Å². The second-order valence-electron chi connectivity index (χ2n) is 6.28. The first-order valence-electron chi connectivity index (χ1n) is 8.88. The van der Waals surface area contributed by atoms with Crippen molar-refractivity contribution < 1.29 is 13.5 Å². The van der Waals surface area contributed by atoms with Crippen LogP contribution >= 0.6 is 11.6 Å². The highest BCUT2D eigenvalue weighted by molar-refractivity contribution is 6.30. The molecule has 0 bridgehead atoms. The lowest BCUT2D eigenvalue weighted by Gasteiger charge is -2.19. The molecular weight excluding hydrogens is 393 g/mol. The molecule has 1 N–H and O–H groups in total. The summed E-state index contributed by atoms with van der Waals surface area (Å²) in [6.07, 6.45) is 0. The molecule has 0 fully saturated rings. The Balaban J connectivity index is 1.73. The second-order valence-corrected chi connectivity index (χ2v) is 6.72. The predicted octanol–water partition coefficient (Wildman–Crippen LogP) is 5.74. The van der Waals surface area contributed by atoms with Gasteiger partial charge in [0.05, 0.1) is 12.8 Å². The van der Waals surface area contributed by atoms with E-state index in [1.54, 1.807) is 31.4 Å². The third-order valence-electron chi connectivity index (χ3n) is 4.37. The smallest absolute Gasteiger partial charge is 0.247 e. The highest BCUT2D eigenvalue weighted by Gasteiger charge is 2.23. The van der Waals surface area contributed by atoms with Gasteiger partial charge >= 0.3 is 0 Å². The van der Waals surface area contributed by atoms with E-state index in [0.717, 1.165) is 11.3 Å². The number of nitrogens with one attached hydrogen (secondary N) is 1. The number of halogens is 2. The third-order valence-corrected chi connectivity index (χ3v) is 4.62. The zero-order valence-electron chi connectivity index (χ0n) is 15.5. The molecule has 3 aromatic carbocycles. The minimum absolute atomic E-state index is 0.236. The Kier molecular flexibility index (Phi) is 5.44. The molecule has 0 saturated carbocycles. The summed E-state index contributed by atoms with van der Waals surface area (Å²) in [6.45, 7) is 0. The van der Waals surface area contributed by atoms with Crippen molar-refractivity contribution in [1.29, 1.82) is 0 Å². The van der Waals surface area contributed by atoms with Crippen LogP contribution in [0.3, 0.4) is 0 Å². The van der Waals surface area contributed by atoms with Crippen molar-refractivity contribution in [3.05, 3.63) is 95.1 Å². The summed E-state index contributed by atoms with van der Waals surface area (Å²) >= 11 is 6.04. The number of ether oxygens (including phenoxy) is 1. The highest BCUT2D eigenvalue weighted by Crippen LogP contribution is 2.32. The number of methoxy groups -OCH3 is 1. The first kappa shape index (κ1) is 19.0. The number of rotatable bonds is 6. The Morgan fingerprint density at radius 2 is 1.79 bits per heavy atom. The largest absolute Gasteiger partial charge is 0.495 e. The van der Waals surface area contributed by atoms with Gasteiger partial charge in [0.25, 0.3) is 0 Å². The van der Waals surface area contributed by atoms with Gasteiger partial charge in [-0.05, 0) is 48.0 Å². The van der Waals surface area contributed by atoms with Crippen LogP contribution in [-0.4, -0.2) is 17.3 Å². The Morgan fingerprint density at radius 1 is 1.00 bits per heavy atom. The average Bonchev–Trinajstić information content (AvgIpc) is 3.23. The van der Waals surface area contributed by atoms with Crippen LogP contribution in [0.2, 0.25) is 5.02 Å². The molecular formula is C22H17ClFN3O2. The zero-order valence-corrected chi connectivity index (χ0v) is 16.2. The topological polar surface area (TPSA) is 60.2 Å². The summed E-state index contributed by atoms with van der Waals surface area (Å²) < 4.78 is 24.9. The molecule has 0 aliphatic heterocycles. The summed E-state index contributed by atoms with van der Waals surface area (Å²) in [5.41, 5.74) is 2.14. The SMILES string of the molecule is COc1ccccc1NC(c1ccc(Cl)cc1)c1nnc(-c2cccc(F)c2)o1. The number of nitrogens with zero attached hydrogens (tertiary/aromatic N) is 2. The van der Waals surface area contributed by atoms with E-state index >= 15 is 0 Å². The van der Waals surface area contributed by atoms with Crippen molar-refractivity contribution in [2.45, 2.75) is 6.04 Å². The molecule has 0 radical (unpaired) electrons. The minimum Gasteiger partial charge on any atom is -0.495 e. The molecule has 0 aliphatic carbocycles. The maximum absolute atomic E-state index is 13.6. The molecule has 0 saturated heterocycles. The monoisotopic (exact) mass is 409 g/mol. The van der Waals surface area contributed by atoms with Crippen molar-refractivity contribution in [3.63, 3.8) is 0 Å². The van der Waals surface area contributed by atoms with Crippen LogP contribution in [0.5, 0.6) is 5.75 Å². The number of hydrogen-bond donors (Lipinski definition) is 1. The normalized spacial score (nSPS) is 11.8. The molecule has 4 aromatic rings. The number of anilines is 1. The Hall–Kier alpha value is -3.38. The molecule has 1 aromatic heterocycles. The van der Waals surface area contributed by atoms with Gasteiger partial charge in [0.1, 0.15) is 17.6 Å². The van der Waals surface area contributed by atoms with Crippen molar-refractivity contribution in [3.8, 4) is 17.2 Å². The lowest BCUT2D eigenvalue weighted by atomic mass is 10.1. The maximum Gasteiger partial charge on any atom is 0.247 e. The van der Waals surface area contributed by atoms with Crippen LogP contribution in [0.25, 0.3) is 11.5 Å². The Morgan fingerprint density at radius 3 is 2.55 bits per heavy atom. The van der Waals surface area contributed by atoms with Gasteiger partial charge in [-0.1, -0.05) is 41.9 Å². The molecule has 4 rings (SSSR count). The van der Waals surface area contributed by atoms with Gasteiger partial charge < -0.3 is 14.5 Å².